The van der Waals surface area contributed by atoms with Crippen molar-refractivity contribution in [2.75, 3.05) is 13.1 Å². The molecular formula is C17H24N2O2. The Morgan fingerprint density at radius 3 is 2.76 bits per heavy atom. The number of hydrogen-bond donors (Lipinski definition) is 1. The zero-order valence-corrected chi connectivity index (χ0v) is 12.9. The first-order valence-corrected chi connectivity index (χ1v) is 7.73. The zero-order valence-electron chi connectivity index (χ0n) is 12.9. The van der Waals surface area contributed by atoms with E-state index >= 15 is 0 Å². The number of hydrogen-bond acceptors (Lipinski definition) is 2. The van der Waals surface area contributed by atoms with Crippen LogP contribution in [0.2, 0.25) is 0 Å². The molecule has 2 rings (SSSR count). The Morgan fingerprint density at radius 1 is 1.29 bits per heavy atom. The molecule has 1 atom stereocenters. The van der Waals surface area contributed by atoms with Crippen LogP contribution in [0.25, 0.3) is 0 Å². The number of nitrogens with zero attached hydrogens (tertiary/aromatic N) is 1. The molecule has 0 aromatic heterocycles. The van der Waals surface area contributed by atoms with Crippen LogP contribution in [0.3, 0.4) is 0 Å². The van der Waals surface area contributed by atoms with Crippen LogP contribution in [0.4, 0.5) is 0 Å². The van der Waals surface area contributed by atoms with Gasteiger partial charge in [-0.2, -0.15) is 0 Å². The van der Waals surface area contributed by atoms with E-state index in [2.05, 4.69) is 12.2 Å². The third kappa shape index (κ3) is 4.06. The Hall–Kier alpha value is -1.84. The molecule has 1 aliphatic rings. The Morgan fingerprint density at radius 2 is 2.05 bits per heavy atom. The van der Waals surface area contributed by atoms with Gasteiger partial charge in [-0.1, -0.05) is 18.2 Å². The van der Waals surface area contributed by atoms with E-state index in [1.165, 1.54) is 6.42 Å². The van der Waals surface area contributed by atoms with Gasteiger partial charge in [-0.25, -0.2) is 0 Å². The smallest absolute Gasteiger partial charge is 0.251 e. The third-order valence-corrected chi connectivity index (χ3v) is 4.14. The van der Waals surface area contributed by atoms with E-state index in [0.29, 0.717) is 24.6 Å². The fraction of sp³-hybridized carbons (Fsp3) is 0.529. The average Bonchev–Trinajstić information content (AvgIpc) is 2.48. The highest BCUT2D eigenvalue weighted by molar-refractivity contribution is 5.95. The van der Waals surface area contributed by atoms with Crippen LogP contribution >= 0.6 is 0 Å². The molecule has 1 aromatic rings. The average molecular weight is 288 g/mol. The fourth-order valence-electron chi connectivity index (χ4n) is 2.82. The molecule has 0 unspecified atom stereocenters. The van der Waals surface area contributed by atoms with Crippen molar-refractivity contribution in [3.05, 3.63) is 35.4 Å². The molecule has 21 heavy (non-hydrogen) atoms. The molecule has 2 amide bonds. The number of aryl methyl sites for hydroxylation is 1. The van der Waals surface area contributed by atoms with Gasteiger partial charge in [-0.3, -0.25) is 9.59 Å². The number of benzene rings is 1. The number of amides is 2. The molecule has 1 heterocycles. The highest BCUT2D eigenvalue weighted by Gasteiger charge is 2.22. The largest absolute Gasteiger partial charge is 0.352 e. The van der Waals surface area contributed by atoms with E-state index in [9.17, 15) is 9.59 Å². The number of carbonyl (C=O) groups is 2. The summed E-state index contributed by atoms with van der Waals surface area (Å²) in [6.45, 7) is 5.26. The molecular weight excluding hydrogens is 264 g/mol. The van der Waals surface area contributed by atoms with Crippen molar-refractivity contribution >= 4 is 11.8 Å². The topological polar surface area (TPSA) is 49.4 Å². The van der Waals surface area contributed by atoms with Crippen molar-refractivity contribution < 1.29 is 9.59 Å². The fourth-order valence-corrected chi connectivity index (χ4v) is 2.82. The van der Waals surface area contributed by atoms with Gasteiger partial charge in [0.05, 0.1) is 0 Å². The SMILES string of the molecule is Cc1ccccc1C(=O)NCCC(=O)N1CCCC[C@H]1C. The van der Waals surface area contributed by atoms with E-state index in [1.54, 1.807) is 6.07 Å². The van der Waals surface area contributed by atoms with Crippen LogP contribution < -0.4 is 5.32 Å². The summed E-state index contributed by atoms with van der Waals surface area (Å²) in [6.07, 6.45) is 3.75. The van der Waals surface area contributed by atoms with Gasteiger partial charge >= 0.3 is 0 Å². The number of nitrogens with one attached hydrogen (secondary N) is 1. The maximum atomic E-state index is 12.2. The summed E-state index contributed by atoms with van der Waals surface area (Å²) in [5.41, 5.74) is 1.63. The summed E-state index contributed by atoms with van der Waals surface area (Å²) >= 11 is 0. The molecule has 1 fully saturated rings. The minimum Gasteiger partial charge on any atom is -0.352 e. The van der Waals surface area contributed by atoms with Crippen molar-refractivity contribution in [3.63, 3.8) is 0 Å². The van der Waals surface area contributed by atoms with Gasteiger partial charge in [0.2, 0.25) is 5.91 Å². The molecule has 4 heteroatoms. The number of piperidine rings is 1. The summed E-state index contributed by atoms with van der Waals surface area (Å²) in [4.78, 5) is 26.2. The first-order valence-electron chi connectivity index (χ1n) is 7.73. The van der Waals surface area contributed by atoms with Gasteiger partial charge in [0.1, 0.15) is 0 Å². The third-order valence-electron chi connectivity index (χ3n) is 4.14. The number of carbonyl (C=O) groups excluding carboxylic acids is 2. The summed E-state index contributed by atoms with van der Waals surface area (Å²) in [5.74, 6) is 0.0416. The van der Waals surface area contributed by atoms with Crippen molar-refractivity contribution in [2.24, 2.45) is 0 Å². The summed E-state index contributed by atoms with van der Waals surface area (Å²) in [6, 6.07) is 7.81. The van der Waals surface area contributed by atoms with Gasteiger partial charge in [0.25, 0.3) is 5.91 Å². The van der Waals surface area contributed by atoms with Crippen LogP contribution in [0.1, 0.15) is 48.5 Å². The van der Waals surface area contributed by atoms with Crippen molar-refractivity contribution in [1.82, 2.24) is 10.2 Å². The first-order chi connectivity index (χ1) is 10.1. The molecule has 0 radical (unpaired) electrons. The van der Waals surface area contributed by atoms with Gasteiger partial charge < -0.3 is 10.2 Å². The van der Waals surface area contributed by atoms with Crippen molar-refractivity contribution in [2.45, 2.75) is 45.6 Å². The lowest BCUT2D eigenvalue weighted by molar-refractivity contribution is -0.134. The minimum atomic E-state index is -0.104. The standard InChI is InChI=1S/C17H24N2O2/c1-13-7-3-4-9-15(13)17(21)18-11-10-16(20)19-12-6-5-8-14(19)2/h3-4,7,9,14H,5-6,8,10-12H2,1-2H3,(H,18,21)/t14-/m1/s1. The summed E-state index contributed by atoms with van der Waals surface area (Å²) in [5, 5.41) is 2.84. The van der Waals surface area contributed by atoms with Gasteiger partial charge in [-0.05, 0) is 44.7 Å². The van der Waals surface area contributed by atoms with Gasteiger partial charge in [0.15, 0.2) is 0 Å². The van der Waals surface area contributed by atoms with Crippen molar-refractivity contribution in [3.8, 4) is 0 Å². The quantitative estimate of drug-likeness (QED) is 0.925. The molecule has 0 bridgehead atoms. The maximum Gasteiger partial charge on any atom is 0.251 e. The number of likely N-dealkylation sites (tertiary alicyclic amines) is 1. The van der Waals surface area contributed by atoms with Crippen LogP contribution in [0.15, 0.2) is 24.3 Å². The van der Waals surface area contributed by atoms with E-state index in [-0.39, 0.29) is 11.8 Å². The second-order valence-electron chi connectivity index (χ2n) is 5.75. The monoisotopic (exact) mass is 288 g/mol. The summed E-state index contributed by atoms with van der Waals surface area (Å²) in [7, 11) is 0. The molecule has 1 aromatic carbocycles. The zero-order chi connectivity index (χ0) is 15.2. The Balaban J connectivity index is 1.80. The molecule has 1 aliphatic heterocycles. The molecule has 1 saturated heterocycles. The Kier molecular flexibility index (Phi) is 5.37. The lowest BCUT2D eigenvalue weighted by Crippen LogP contribution is -2.43. The first kappa shape index (κ1) is 15.5. The van der Waals surface area contributed by atoms with Gasteiger partial charge in [-0.15, -0.1) is 0 Å². The van der Waals surface area contributed by atoms with Gasteiger partial charge in [0, 0.05) is 31.1 Å². The molecule has 0 aliphatic carbocycles. The van der Waals surface area contributed by atoms with Crippen LogP contribution in [-0.4, -0.2) is 35.8 Å². The Bertz CT molecular complexity index is 513. The van der Waals surface area contributed by atoms with E-state index in [4.69, 9.17) is 0 Å². The van der Waals surface area contributed by atoms with E-state index < -0.39 is 0 Å². The Labute approximate surface area is 126 Å². The second kappa shape index (κ2) is 7.25. The molecule has 1 N–H and O–H groups in total. The second-order valence-corrected chi connectivity index (χ2v) is 5.75. The predicted molar refractivity (Wildman–Crippen MR) is 83.2 cm³/mol. The lowest BCUT2D eigenvalue weighted by atomic mass is 10.0. The highest BCUT2D eigenvalue weighted by Crippen LogP contribution is 2.17. The molecule has 0 saturated carbocycles. The van der Waals surface area contributed by atoms with Crippen molar-refractivity contribution in [1.29, 1.82) is 0 Å². The summed E-state index contributed by atoms with van der Waals surface area (Å²) < 4.78 is 0. The van der Waals surface area contributed by atoms with Crippen LogP contribution in [0, 0.1) is 6.92 Å². The van der Waals surface area contributed by atoms with Crippen LogP contribution in [-0.2, 0) is 4.79 Å². The minimum absolute atomic E-state index is 0.104. The molecule has 4 nitrogen and oxygen atoms in total. The molecule has 0 spiro atoms. The maximum absolute atomic E-state index is 12.2. The highest BCUT2D eigenvalue weighted by atomic mass is 16.2. The van der Waals surface area contributed by atoms with Crippen LogP contribution in [0.5, 0.6) is 0 Å². The van der Waals surface area contributed by atoms with E-state index in [0.717, 1.165) is 24.9 Å². The van der Waals surface area contributed by atoms with E-state index in [1.807, 2.05) is 30.0 Å². The lowest BCUT2D eigenvalue weighted by Gasteiger charge is -2.33. The molecule has 114 valence electrons. The number of rotatable bonds is 4. The predicted octanol–water partition coefficient (Wildman–Crippen LogP) is 2.52. The normalized spacial score (nSPS) is 18.4.